The van der Waals surface area contributed by atoms with Crippen molar-refractivity contribution < 1.29 is 38.6 Å². The van der Waals surface area contributed by atoms with Crippen LogP contribution in [0.2, 0.25) is 0 Å². The Bertz CT molecular complexity index is 2130. The normalized spacial score (nSPS) is 17.6. The lowest BCUT2D eigenvalue weighted by molar-refractivity contribution is 0.00555. The molecule has 0 radical (unpaired) electrons. The molecule has 74 heavy (non-hydrogen) atoms. The summed E-state index contributed by atoms with van der Waals surface area (Å²) in [6.45, 7) is 17.9. The molecule has 0 saturated carbocycles. The summed E-state index contributed by atoms with van der Waals surface area (Å²) >= 11 is 0. The van der Waals surface area contributed by atoms with Gasteiger partial charge in [0, 0.05) is 101 Å². The molecule has 12 nitrogen and oxygen atoms in total. The van der Waals surface area contributed by atoms with Crippen LogP contribution in [-0.2, 0) is 80.8 Å². The average Bonchev–Trinajstić information content (AvgIpc) is 3.40. The van der Waals surface area contributed by atoms with Crippen LogP contribution in [0.1, 0.15) is 55.6 Å². The highest BCUT2D eigenvalue weighted by atomic mass is 16.5. The van der Waals surface area contributed by atoms with Crippen molar-refractivity contribution in [2.24, 2.45) is 0 Å². The number of ether oxygens (including phenoxy) is 6. The third-order valence-electron chi connectivity index (χ3n) is 13.1. The molecule has 1 aliphatic rings. The van der Waals surface area contributed by atoms with Gasteiger partial charge in [-0.1, -0.05) is 157 Å². The Labute approximate surface area is 441 Å². The van der Waals surface area contributed by atoms with Crippen molar-refractivity contribution in [1.29, 1.82) is 0 Å². The second kappa shape index (κ2) is 32.1. The van der Waals surface area contributed by atoms with Crippen LogP contribution in [0, 0.1) is 13.8 Å². The predicted octanol–water partition coefficient (Wildman–Crippen LogP) is 9.54. The first kappa shape index (κ1) is 56.3. The molecular formula is C62H80N4O8. The topological polar surface area (TPSA) is 109 Å². The second-order valence-electron chi connectivity index (χ2n) is 19.3. The molecular weight excluding hydrogens is 929 g/mol. The lowest BCUT2D eigenvalue weighted by Crippen LogP contribution is -2.29. The lowest BCUT2D eigenvalue weighted by atomic mass is 10.0. The lowest BCUT2D eigenvalue weighted by Gasteiger charge is -2.26. The molecule has 1 heterocycles. The number of aryl methyl sites for hydroxylation is 2. The van der Waals surface area contributed by atoms with Gasteiger partial charge < -0.3 is 38.6 Å². The Morgan fingerprint density at radius 2 is 0.514 bits per heavy atom. The van der Waals surface area contributed by atoms with Crippen LogP contribution in [0.4, 0.5) is 0 Å². The first-order chi connectivity index (χ1) is 36.3. The maximum atomic E-state index is 11.9. The minimum atomic E-state index is 0.333. The zero-order valence-electron chi connectivity index (χ0n) is 44.0. The number of rotatable bonds is 8. The molecule has 1 aliphatic heterocycles. The predicted molar refractivity (Wildman–Crippen MR) is 293 cm³/mol. The summed E-state index contributed by atoms with van der Waals surface area (Å²) < 4.78 is 36.4. The van der Waals surface area contributed by atoms with Gasteiger partial charge >= 0.3 is 0 Å². The first-order valence-corrected chi connectivity index (χ1v) is 26.5. The fourth-order valence-corrected chi connectivity index (χ4v) is 9.40. The molecule has 4 bridgehead atoms. The van der Waals surface area contributed by atoms with E-state index in [1.807, 2.05) is 24.3 Å². The summed E-state index contributed by atoms with van der Waals surface area (Å²) in [5, 5.41) is 23.8. The zero-order valence-corrected chi connectivity index (χ0v) is 44.0. The van der Waals surface area contributed by atoms with Gasteiger partial charge in [-0.3, -0.25) is 19.6 Å². The SMILES string of the molecule is Cc1cc2c(O)c(c1)CN(Cc1ccccc1)CCOCCOCCOCCN(Cc1ccccc1)Cc1cc(C)cc(c1O)CN(Cc1ccccc1)CCOCCOCCOCCN(Cc1ccccc1)C2. The minimum Gasteiger partial charge on any atom is -0.507 e. The second-order valence-corrected chi connectivity index (χ2v) is 19.3. The molecule has 396 valence electrons. The smallest absolute Gasteiger partial charge is 0.124 e. The third-order valence-corrected chi connectivity index (χ3v) is 13.1. The van der Waals surface area contributed by atoms with Gasteiger partial charge in [0.1, 0.15) is 11.5 Å². The summed E-state index contributed by atoms with van der Waals surface area (Å²) in [6, 6.07) is 50.2. The number of benzene rings is 6. The van der Waals surface area contributed by atoms with E-state index in [0.29, 0.717) is 143 Å². The molecule has 0 amide bonds. The van der Waals surface area contributed by atoms with E-state index in [1.165, 1.54) is 22.3 Å². The fraction of sp³-hybridized carbons (Fsp3) is 0.419. The van der Waals surface area contributed by atoms with Crippen LogP contribution in [0.5, 0.6) is 11.5 Å². The van der Waals surface area contributed by atoms with Crippen molar-refractivity contribution in [1.82, 2.24) is 19.6 Å². The monoisotopic (exact) mass is 1010 g/mol. The fourth-order valence-electron chi connectivity index (χ4n) is 9.40. The Morgan fingerprint density at radius 3 is 0.730 bits per heavy atom. The number of phenolic OH excluding ortho intramolecular Hbond substituents is 2. The van der Waals surface area contributed by atoms with E-state index in [9.17, 15) is 10.2 Å². The molecule has 0 unspecified atom stereocenters. The van der Waals surface area contributed by atoms with Crippen LogP contribution >= 0.6 is 0 Å². The molecule has 2 N–H and O–H groups in total. The Balaban J connectivity index is 1.02. The van der Waals surface area contributed by atoms with E-state index < -0.39 is 0 Å². The van der Waals surface area contributed by atoms with Crippen LogP contribution in [0.3, 0.4) is 0 Å². The molecule has 0 spiro atoms. The van der Waals surface area contributed by atoms with Crippen molar-refractivity contribution in [3.63, 3.8) is 0 Å². The van der Waals surface area contributed by atoms with Crippen molar-refractivity contribution in [2.45, 2.75) is 66.2 Å². The highest BCUT2D eigenvalue weighted by Gasteiger charge is 2.19. The Kier molecular flexibility index (Phi) is 24.4. The number of phenols is 2. The number of hydrogen-bond acceptors (Lipinski definition) is 12. The van der Waals surface area contributed by atoms with E-state index in [4.69, 9.17) is 28.4 Å². The molecule has 7 rings (SSSR count). The summed E-state index contributed by atoms with van der Waals surface area (Å²) in [4.78, 5) is 9.34. The summed E-state index contributed by atoms with van der Waals surface area (Å²) in [5.74, 6) is 0.666. The zero-order chi connectivity index (χ0) is 51.4. The van der Waals surface area contributed by atoms with E-state index >= 15 is 0 Å². The van der Waals surface area contributed by atoms with Gasteiger partial charge in [-0.25, -0.2) is 0 Å². The highest BCUT2D eigenvalue weighted by Crippen LogP contribution is 2.30. The molecule has 6 aromatic rings. The quantitative estimate of drug-likeness (QED) is 0.152. The summed E-state index contributed by atoms with van der Waals surface area (Å²) in [6.07, 6.45) is 0. The summed E-state index contributed by atoms with van der Waals surface area (Å²) in [5.41, 5.74) is 10.6. The van der Waals surface area contributed by atoms with Gasteiger partial charge in [-0.05, 0) is 36.1 Å². The van der Waals surface area contributed by atoms with Crippen molar-refractivity contribution >= 4 is 0 Å². The van der Waals surface area contributed by atoms with Crippen LogP contribution in [0.15, 0.2) is 146 Å². The first-order valence-electron chi connectivity index (χ1n) is 26.5. The Morgan fingerprint density at radius 1 is 0.311 bits per heavy atom. The van der Waals surface area contributed by atoms with Gasteiger partial charge in [-0.2, -0.15) is 0 Å². The molecule has 0 aliphatic carbocycles. The number of aromatic hydroxyl groups is 2. The number of nitrogens with zero attached hydrogens (tertiary/aromatic N) is 4. The number of fused-ring (bicyclic) bond motifs is 4. The highest BCUT2D eigenvalue weighted by molar-refractivity contribution is 5.45. The Hall–Kier alpha value is -5.48. The largest absolute Gasteiger partial charge is 0.507 e. The molecule has 0 aromatic heterocycles. The van der Waals surface area contributed by atoms with Crippen molar-refractivity contribution in [3.05, 3.63) is 201 Å². The molecule has 0 fully saturated rings. The van der Waals surface area contributed by atoms with Gasteiger partial charge in [0.15, 0.2) is 0 Å². The standard InChI is InChI=1S/C62H80N4O8/c1-51-39-57-47-63(43-53-15-7-3-8-16-53)23-27-69-31-35-73-37-33-71-29-25-65(45-55-19-11-5-12-20-55)49-59-41-52(2)42-60(62(59)68)50-66(46-56-21-13-6-14-22-56)26-30-72-34-38-74-36-32-70-28-24-64(48-58(40-51)61(57)67)44-54-17-9-4-10-18-54/h3-22,39-42,67-68H,23-38,43-50H2,1-2H3. The van der Waals surface area contributed by atoms with E-state index in [2.05, 4.69) is 155 Å². The maximum absolute atomic E-state index is 11.9. The van der Waals surface area contributed by atoms with Gasteiger partial charge in [0.2, 0.25) is 0 Å². The van der Waals surface area contributed by atoms with Crippen molar-refractivity contribution in [2.75, 3.05) is 105 Å². The van der Waals surface area contributed by atoms with Crippen LogP contribution < -0.4 is 0 Å². The maximum Gasteiger partial charge on any atom is 0.124 e. The van der Waals surface area contributed by atoms with Gasteiger partial charge in [0.25, 0.3) is 0 Å². The van der Waals surface area contributed by atoms with Crippen LogP contribution in [0.25, 0.3) is 0 Å². The summed E-state index contributed by atoms with van der Waals surface area (Å²) in [7, 11) is 0. The van der Waals surface area contributed by atoms with E-state index in [0.717, 1.165) is 59.6 Å². The molecule has 6 aromatic carbocycles. The van der Waals surface area contributed by atoms with Gasteiger partial charge in [0.05, 0.1) is 79.3 Å². The van der Waals surface area contributed by atoms with Crippen molar-refractivity contribution in [3.8, 4) is 11.5 Å². The third kappa shape index (κ3) is 20.3. The average molecular weight is 1010 g/mol. The minimum absolute atomic E-state index is 0.333. The number of hydrogen-bond donors (Lipinski definition) is 2. The van der Waals surface area contributed by atoms with E-state index in [1.54, 1.807) is 0 Å². The van der Waals surface area contributed by atoms with Crippen LogP contribution in [-0.4, -0.2) is 135 Å². The van der Waals surface area contributed by atoms with Gasteiger partial charge in [-0.15, -0.1) is 0 Å². The van der Waals surface area contributed by atoms with E-state index in [-0.39, 0.29) is 0 Å². The molecule has 0 atom stereocenters. The molecule has 12 heteroatoms. The molecule has 0 saturated heterocycles.